The van der Waals surface area contributed by atoms with Gasteiger partial charge >= 0.3 is 0 Å². The smallest absolute Gasteiger partial charge is 0.00619 e. The maximum Gasteiger partial charge on any atom is 0.00619 e. The Balaban J connectivity index is 0.000000810. The summed E-state index contributed by atoms with van der Waals surface area (Å²) < 4.78 is 0. The first-order chi connectivity index (χ1) is 4.33. The molecule has 52 valence electrons. The molecule has 0 N–H and O–H groups in total. The Morgan fingerprint density at radius 1 is 1.00 bits per heavy atom. The molecule has 0 spiro atoms. The number of rotatable bonds is 2. The molecule has 0 aliphatic heterocycles. The topological polar surface area (TPSA) is 0 Å². The molecular weight excluding hydrogens is 132 g/mol. The van der Waals surface area contributed by atoms with E-state index in [1.54, 1.807) is 0 Å². The molecular formula is C9H14Mg. The molecule has 0 aromatic carbocycles. The van der Waals surface area contributed by atoms with Gasteiger partial charge in [0, 0.05) is 28.5 Å². The summed E-state index contributed by atoms with van der Waals surface area (Å²) in [5, 5.41) is 0. The van der Waals surface area contributed by atoms with E-state index in [0.29, 0.717) is 5.41 Å². The third-order valence-electron chi connectivity index (χ3n) is 2.28. The third-order valence-corrected chi connectivity index (χ3v) is 2.28. The molecule has 0 bridgehead atoms. The van der Waals surface area contributed by atoms with E-state index in [1.165, 1.54) is 12.8 Å². The summed E-state index contributed by atoms with van der Waals surface area (Å²) in [6, 6.07) is 0. The highest BCUT2D eigenvalue weighted by Gasteiger charge is 2.20. The molecule has 0 amide bonds. The van der Waals surface area contributed by atoms with Crippen LogP contribution in [0.5, 0.6) is 0 Å². The Kier molecular flexibility index (Phi) is 4.30. The van der Waals surface area contributed by atoms with Gasteiger partial charge in [0.1, 0.15) is 0 Å². The van der Waals surface area contributed by atoms with Gasteiger partial charge in [0.05, 0.1) is 0 Å². The monoisotopic (exact) mass is 146 g/mol. The van der Waals surface area contributed by atoms with E-state index >= 15 is 0 Å². The van der Waals surface area contributed by atoms with Crippen LogP contribution < -0.4 is 0 Å². The first-order valence-electron chi connectivity index (χ1n) is 3.70. The Hall–Kier alpha value is 0.246. The summed E-state index contributed by atoms with van der Waals surface area (Å²) in [5.41, 5.74) is 0.417. The van der Waals surface area contributed by atoms with Gasteiger partial charge in [0.15, 0.2) is 0 Å². The molecule has 0 unspecified atom stereocenters. The van der Waals surface area contributed by atoms with Crippen molar-refractivity contribution < 1.29 is 0 Å². The van der Waals surface area contributed by atoms with Gasteiger partial charge in [-0.25, -0.2) is 0 Å². The van der Waals surface area contributed by atoms with Crippen LogP contribution in [0.2, 0.25) is 0 Å². The van der Waals surface area contributed by atoms with Crippen molar-refractivity contribution in [2.45, 2.75) is 26.7 Å². The van der Waals surface area contributed by atoms with Crippen molar-refractivity contribution in [2.24, 2.45) is 5.41 Å². The molecule has 1 heteroatoms. The molecule has 0 fully saturated rings. The van der Waals surface area contributed by atoms with Crippen LogP contribution in [0.3, 0.4) is 0 Å². The zero-order chi connectivity index (χ0) is 6.74. The molecule has 0 saturated carbocycles. The summed E-state index contributed by atoms with van der Waals surface area (Å²) in [4.78, 5) is 0. The second kappa shape index (κ2) is 4.19. The molecule has 1 rings (SSSR count). The van der Waals surface area contributed by atoms with Gasteiger partial charge in [0.25, 0.3) is 0 Å². The SMILES string of the molecule is CCC1(CC)C=CC=C1.[Mg]. The lowest BCUT2D eigenvalue weighted by atomic mass is 9.84. The standard InChI is InChI=1S/C9H14.Mg/c1-3-9(4-2)7-5-6-8-9;/h5-8H,3-4H2,1-2H3;. The molecule has 0 aromatic rings. The molecule has 0 atom stereocenters. The van der Waals surface area contributed by atoms with E-state index in [1.807, 2.05) is 0 Å². The van der Waals surface area contributed by atoms with Crippen LogP contribution in [0.4, 0.5) is 0 Å². The highest BCUT2D eigenvalue weighted by molar-refractivity contribution is 5.75. The molecule has 2 radical (unpaired) electrons. The van der Waals surface area contributed by atoms with Gasteiger partial charge < -0.3 is 0 Å². The summed E-state index contributed by atoms with van der Waals surface area (Å²) >= 11 is 0. The summed E-state index contributed by atoms with van der Waals surface area (Å²) in [5.74, 6) is 0. The van der Waals surface area contributed by atoms with Gasteiger partial charge in [0.2, 0.25) is 0 Å². The lowest BCUT2D eigenvalue weighted by molar-refractivity contribution is 0.462. The maximum atomic E-state index is 2.30. The first-order valence-corrected chi connectivity index (χ1v) is 3.70. The second-order valence-corrected chi connectivity index (χ2v) is 2.66. The third kappa shape index (κ3) is 1.86. The molecule has 1 aliphatic rings. The quantitative estimate of drug-likeness (QED) is 0.525. The van der Waals surface area contributed by atoms with Crippen molar-refractivity contribution in [3.8, 4) is 0 Å². The van der Waals surface area contributed by atoms with Crippen molar-refractivity contribution >= 4 is 23.1 Å². The average Bonchev–Trinajstić information content (AvgIpc) is 2.36. The minimum absolute atomic E-state index is 0. The van der Waals surface area contributed by atoms with Gasteiger partial charge in [-0.1, -0.05) is 38.2 Å². The molecule has 0 nitrogen and oxygen atoms in total. The molecule has 10 heavy (non-hydrogen) atoms. The molecule has 0 heterocycles. The van der Waals surface area contributed by atoms with Crippen molar-refractivity contribution in [3.63, 3.8) is 0 Å². The van der Waals surface area contributed by atoms with Gasteiger partial charge in [-0.15, -0.1) is 0 Å². The van der Waals surface area contributed by atoms with Crippen LogP contribution in [0.25, 0.3) is 0 Å². The van der Waals surface area contributed by atoms with E-state index in [0.717, 1.165) is 0 Å². The lowest BCUT2D eigenvalue weighted by Gasteiger charge is -2.20. The van der Waals surface area contributed by atoms with Crippen molar-refractivity contribution in [1.29, 1.82) is 0 Å². The number of hydrogen-bond acceptors (Lipinski definition) is 0. The van der Waals surface area contributed by atoms with E-state index in [9.17, 15) is 0 Å². The predicted octanol–water partition coefficient (Wildman–Crippen LogP) is 2.54. The first kappa shape index (κ1) is 10.2. The Labute approximate surface area is 79.5 Å². The predicted molar refractivity (Wildman–Crippen MR) is 47.0 cm³/mol. The minimum Gasteiger partial charge on any atom is -0.0746 e. The summed E-state index contributed by atoms with van der Waals surface area (Å²) in [7, 11) is 0. The largest absolute Gasteiger partial charge is 0.0746 e. The fourth-order valence-electron chi connectivity index (χ4n) is 1.27. The van der Waals surface area contributed by atoms with Crippen molar-refractivity contribution in [3.05, 3.63) is 24.3 Å². The van der Waals surface area contributed by atoms with E-state index in [4.69, 9.17) is 0 Å². The van der Waals surface area contributed by atoms with Crippen LogP contribution in [0, 0.1) is 5.41 Å². The van der Waals surface area contributed by atoms with Crippen LogP contribution in [-0.2, 0) is 0 Å². The zero-order valence-corrected chi connectivity index (χ0v) is 8.34. The van der Waals surface area contributed by atoms with Crippen molar-refractivity contribution in [1.82, 2.24) is 0 Å². The fraction of sp³-hybridized carbons (Fsp3) is 0.556. The van der Waals surface area contributed by atoms with Crippen molar-refractivity contribution in [2.75, 3.05) is 0 Å². The normalized spacial score (nSPS) is 19.0. The minimum atomic E-state index is 0. The van der Waals surface area contributed by atoms with Crippen LogP contribution in [-0.4, -0.2) is 23.1 Å². The summed E-state index contributed by atoms with van der Waals surface area (Å²) in [6.45, 7) is 4.48. The Morgan fingerprint density at radius 2 is 1.40 bits per heavy atom. The van der Waals surface area contributed by atoms with E-state index in [-0.39, 0.29) is 23.1 Å². The highest BCUT2D eigenvalue weighted by atomic mass is 24.3. The van der Waals surface area contributed by atoms with Crippen LogP contribution >= 0.6 is 0 Å². The second-order valence-electron chi connectivity index (χ2n) is 2.66. The molecule has 1 aliphatic carbocycles. The highest BCUT2D eigenvalue weighted by Crippen LogP contribution is 2.32. The number of allylic oxidation sites excluding steroid dienone is 4. The average molecular weight is 147 g/mol. The Bertz CT molecular complexity index is 127. The van der Waals surface area contributed by atoms with Crippen LogP contribution in [0.1, 0.15) is 26.7 Å². The lowest BCUT2D eigenvalue weighted by Crippen LogP contribution is -2.08. The summed E-state index contributed by atoms with van der Waals surface area (Å²) in [6.07, 6.45) is 11.4. The van der Waals surface area contributed by atoms with Crippen LogP contribution in [0.15, 0.2) is 24.3 Å². The Morgan fingerprint density at radius 3 is 1.60 bits per heavy atom. The van der Waals surface area contributed by atoms with Gasteiger partial charge in [-0.05, 0) is 12.8 Å². The fourth-order valence-corrected chi connectivity index (χ4v) is 1.27. The maximum absolute atomic E-state index is 2.30. The van der Waals surface area contributed by atoms with E-state index < -0.39 is 0 Å². The van der Waals surface area contributed by atoms with Gasteiger partial charge in [-0.2, -0.15) is 0 Å². The zero-order valence-electron chi connectivity index (χ0n) is 6.93. The molecule has 0 saturated heterocycles. The van der Waals surface area contributed by atoms with Gasteiger partial charge in [-0.3, -0.25) is 0 Å². The van der Waals surface area contributed by atoms with E-state index in [2.05, 4.69) is 38.2 Å². The molecule has 0 aromatic heterocycles. The number of hydrogen-bond donors (Lipinski definition) is 0.